The zero-order valence-corrected chi connectivity index (χ0v) is 33.8. The van der Waals surface area contributed by atoms with Crippen molar-refractivity contribution in [2.45, 2.75) is 71.6 Å². The second-order valence-corrected chi connectivity index (χ2v) is 16.4. The first-order valence-corrected chi connectivity index (χ1v) is 18.0. The molecule has 0 atom stereocenters. The van der Waals surface area contributed by atoms with E-state index in [2.05, 4.69) is 163 Å². The molecule has 0 N–H and O–H groups in total. The maximum Gasteiger partial charge on any atom is 2.00 e. The number of hydrogen-bond acceptors (Lipinski definition) is 3. The monoisotopic (exact) mass is 875 g/mol. The number of aromatic nitrogens is 4. The van der Waals surface area contributed by atoms with E-state index in [-0.39, 0.29) is 37.3 Å². The number of ether oxygens (including phenoxy) is 1. The van der Waals surface area contributed by atoms with Crippen LogP contribution < -0.4 is 4.74 Å². The maximum absolute atomic E-state index is 6.69. The minimum absolute atomic E-state index is 0. The van der Waals surface area contributed by atoms with E-state index in [9.17, 15) is 0 Å². The average Bonchev–Trinajstić information content (AvgIpc) is 3.70. The van der Waals surface area contributed by atoms with Gasteiger partial charge in [-0.3, -0.25) is 4.68 Å². The van der Waals surface area contributed by atoms with E-state index in [1.54, 1.807) is 0 Å². The van der Waals surface area contributed by atoms with Gasteiger partial charge in [-0.15, -0.1) is 41.3 Å². The molecule has 0 aliphatic rings. The third-order valence-electron chi connectivity index (χ3n) is 10.3. The summed E-state index contributed by atoms with van der Waals surface area (Å²) in [5.74, 6) is 2.06. The summed E-state index contributed by atoms with van der Waals surface area (Å²) in [4.78, 5) is 4.96. The Kier molecular flexibility index (Phi) is 9.23. The predicted octanol–water partition coefficient (Wildman–Crippen LogP) is 11.8. The SMILES string of the molecule is CC(C)(C)c1cc(Oc2[c-]c3c(cc2)c2cc(C(C)(C)C)ccc2n3-c2cc(C(C)(C)c3ccccc3)ccn2)[c-]c(-n2ncc3ccccc32)c1.[Pt+2]. The molecule has 6 heteroatoms. The molecule has 0 unspecified atom stereocenters. The molecule has 0 spiro atoms. The Bertz CT molecular complexity index is 2600. The van der Waals surface area contributed by atoms with Crippen LogP contribution in [0.2, 0.25) is 0 Å². The minimum atomic E-state index is -0.222. The standard InChI is InChI=1S/C47H44N4O.Pt/c1-45(2,3)33-18-21-42-40(26-33)39-20-19-37(29-43(39)50(42)44-27-34(22-23-48-44)47(7,8)32-15-10-9-11-16-32)52-38-25-35(46(4,5)6)24-36(28-38)51-41-17-13-12-14-31(41)30-49-51;/h9-27,30H,1-8H3;/q-2;+2. The molecule has 8 rings (SSSR count). The number of para-hydroxylation sites is 1. The van der Waals surface area contributed by atoms with Crippen LogP contribution in [-0.2, 0) is 37.3 Å². The van der Waals surface area contributed by atoms with Crippen LogP contribution in [0.4, 0.5) is 0 Å². The summed E-state index contributed by atoms with van der Waals surface area (Å²) in [6.07, 6.45) is 3.81. The molecule has 3 aromatic heterocycles. The smallest absolute Gasteiger partial charge is 0.509 e. The number of nitrogens with zero attached hydrogens (tertiary/aromatic N) is 4. The van der Waals surface area contributed by atoms with Gasteiger partial charge in [-0.05, 0) is 62.9 Å². The van der Waals surface area contributed by atoms with Gasteiger partial charge in [0.15, 0.2) is 0 Å². The van der Waals surface area contributed by atoms with Crippen molar-refractivity contribution in [3.05, 3.63) is 156 Å². The summed E-state index contributed by atoms with van der Waals surface area (Å²) >= 11 is 0. The molecule has 268 valence electrons. The van der Waals surface area contributed by atoms with Crippen LogP contribution in [-0.4, -0.2) is 19.3 Å². The molecular formula is C47H44N4OPt. The van der Waals surface area contributed by atoms with Crippen molar-refractivity contribution >= 4 is 32.7 Å². The minimum Gasteiger partial charge on any atom is -0.509 e. The van der Waals surface area contributed by atoms with Gasteiger partial charge in [-0.25, -0.2) is 4.98 Å². The average molecular weight is 876 g/mol. The van der Waals surface area contributed by atoms with E-state index < -0.39 is 0 Å². The summed E-state index contributed by atoms with van der Waals surface area (Å²) in [5.41, 5.74) is 8.33. The van der Waals surface area contributed by atoms with Crippen molar-refractivity contribution in [1.29, 1.82) is 0 Å². The maximum atomic E-state index is 6.69. The van der Waals surface area contributed by atoms with Crippen molar-refractivity contribution in [3.8, 4) is 23.0 Å². The number of fused-ring (bicyclic) bond motifs is 4. The van der Waals surface area contributed by atoms with E-state index in [1.165, 1.54) is 16.7 Å². The van der Waals surface area contributed by atoms with Crippen LogP contribution in [0.1, 0.15) is 77.6 Å². The first kappa shape index (κ1) is 36.4. The van der Waals surface area contributed by atoms with E-state index in [1.807, 2.05) is 35.3 Å². The molecule has 5 nitrogen and oxygen atoms in total. The number of benzene rings is 5. The molecule has 0 saturated heterocycles. The van der Waals surface area contributed by atoms with E-state index in [4.69, 9.17) is 14.8 Å². The number of hydrogen-bond donors (Lipinski definition) is 0. The van der Waals surface area contributed by atoms with Crippen LogP contribution in [0.5, 0.6) is 11.5 Å². The second kappa shape index (κ2) is 13.5. The van der Waals surface area contributed by atoms with Gasteiger partial charge in [0.25, 0.3) is 0 Å². The molecule has 0 aliphatic carbocycles. The van der Waals surface area contributed by atoms with Crippen LogP contribution in [0, 0.1) is 12.1 Å². The molecule has 0 saturated carbocycles. The van der Waals surface area contributed by atoms with Crippen LogP contribution >= 0.6 is 0 Å². The van der Waals surface area contributed by atoms with Crippen molar-refractivity contribution < 1.29 is 25.8 Å². The van der Waals surface area contributed by atoms with Gasteiger partial charge in [-0.1, -0.05) is 122 Å². The Morgan fingerprint density at radius 1 is 0.585 bits per heavy atom. The van der Waals surface area contributed by atoms with Gasteiger partial charge in [0.2, 0.25) is 0 Å². The molecule has 8 aromatic rings. The van der Waals surface area contributed by atoms with Gasteiger partial charge in [0, 0.05) is 34.0 Å². The summed E-state index contributed by atoms with van der Waals surface area (Å²) in [6, 6.07) is 45.6. The predicted molar refractivity (Wildman–Crippen MR) is 213 cm³/mol. The Morgan fingerprint density at radius 3 is 2.08 bits per heavy atom. The normalized spacial score (nSPS) is 12.4. The molecule has 0 radical (unpaired) electrons. The summed E-state index contributed by atoms with van der Waals surface area (Å²) in [5, 5.41) is 8.06. The van der Waals surface area contributed by atoms with E-state index in [0.717, 1.165) is 49.8 Å². The van der Waals surface area contributed by atoms with Gasteiger partial charge >= 0.3 is 21.1 Å². The molecule has 0 bridgehead atoms. The number of rotatable bonds is 6. The molecule has 3 heterocycles. The second-order valence-electron chi connectivity index (χ2n) is 16.4. The van der Waals surface area contributed by atoms with Gasteiger partial charge in [0.05, 0.1) is 11.7 Å². The summed E-state index contributed by atoms with van der Waals surface area (Å²) in [6.45, 7) is 17.9. The quantitative estimate of drug-likeness (QED) is 0.156. The first-order chi connectivity index (χ1) is 24.8. The topological polar surface area (TPSA) is 44.9 Å². The Balaban J connectivity index is 0.00000435. The van der Waals surface area contributed by atoms with Crippen molar-refractivity contribution in [2.24, 2.45) is 0 Å². The van der Waals surface area contributed by atoms with Crippen molar-refractivity contribution in [1.82, 2.24) is 19.3 Å². The van der Waals surface area contributed by atoms with Crippen molar-refractivity contribution in [2.75, 3.05) is 0 Å². The third-order valence-corrected chi connectivity index (χ3v) is 10.3. The van der Waals surface area contributed by atoms with Crippen molar-refractivity contribution in [3.63, 3.8) is 0 Å². The Morgan fingerprint density at radius 2 is 1.32 bits per heavy atom. The fourth-order valence-electron chi connectivity index (χ4n) is 7.05. The van der Waals surface area contributed by atoms with Gasteiger partial charge in [-0.2, -0.15) is 11.2 Å². The molecule has 0 fully saturated rings. The largest absolute Gasteiger partial charge is 2.00 e. The summed E-state index contributed by atoms with van der Waals surface area (Å²) < 4.78 is 10.9. The first-order valence-electron chi connectivity index (χ1n) is 18.0. The third kappa shape index (κ3) is 6.72. The molecule has 53 heavy (non-hydrogen) atoms. The molecule has 0 aliphatic heterocycles. The Labute approximate surface area is 326 Å². The fourth-order valence-corrected chi connectivity index (χ4v) is 7.05. The zero-order valence-electron chi connectivity index (χ0n) is 31.6. The zero-order chi connectivity index (χ0) is 36.4. The van der Waals surface area contributed by atoms with E-state index in [0.29, 0.717) is 11.5 Å². The molecule has 0 amide bonds. The van der Waals surface area contributed by atoms with E-state index >= 15 is 0 Å². The van der Waals surface area contributed by atoms with Crippen LogP contribution in [0.25, 0.3) is 44.2 Å². The fraction of sp³-hybridized carbons (Fsp3) is 0.234. The van der Waals surface area contributed by atoms with Crippen LogP contribution in [0.3, 0.4) is 0 Å². The van der Waals surface area contributed by atoms with Gasteiger partial charge in [0.1, 0.15) is 5.82 Å². The van der Waals surface area contributed by atoms with Gasteiger partial charge < -0.3 is 9.30 Å². The molecular weight excluding hydrogens is 832 g/mol. The number of pyridine rings is 1. The summed E-state index contributed by atoms with van der Waals surface area (Å²) in [7, 11) is 0. The molecule has 5 aromatic carbocycles. The van der Waals surface area contributed by atoms with Crippen LogP contribution in [0.15, 0.2) is 122 Å². The Hall–Kier alpha value is -4.99.